The van der Waals surface area contributed by atoms with Gasteiger partial charge in [0.05, 0.1) is 0 Å². The number of hydrogen-bond acceptors (Lipinski definition) is 4. The van der Waals surface area contributed by atoms with Crippen LogP contribution in [0.3, 0.4) is 0 Å². The average molecular weight is 485 g/mol. The minimum absolute atomic E-state index is 0.123. The minimum Gasteiger partial charge on any atom is -0.507 e. The standard InChI is InChI=1S/C31H48O4/c1-9-31(7,8)26-19-22(13-11-15-33)17-24(29(26)35)27(20(2)3)23-16-21(12-10-14-32)18-25(28(23)34)30(4,5)6/h16-20,27,32-35H,9-15H2,1-8H3. The molecule has 2 rings (SSSR count). The van der Waals surface area contributed by atoms with Gasteiger partial charge in [-0.05, 0) is 65.5 Å². The third kappa shape index (κ3) is 6.80. The summed E-state index contributed by atoms with van der Waals surface area (Å²) in [6, 6.07) is 8.29. The van der Waals surface area contributed by atoms with Crippen molar-refractivity contribution in [3.63, 3.8) is 0 Å². The summed E-state index contributed by atoms with van der Waals surface area (Å²) >= 11 is 0. The maximum Gasteiger partial charge on any atom is 0.123 e. The maximum atomic E-state index is 11.7. The van der Waals surface area contributed by atoms with E-state index in [9.17, 15) is 20.4 Å². The number of phenols is 2. The van der Waals surface area contributed by atoms with Gasteiger partial charge in [0.1, 0.15) is 11.5 Å². The Bertz CT molecular complexity index is 982. The molecule has 0 aliphatic heterocycles. The van der Waals surface area contributed by atoms with Crippen molar-refractivity contribution < 1.29 is 20.4 Å². The Morgan fingerprint density at radius 3 is 1.51 bits per heavy atom. The fourth-order valence-electron chi connectivity index (χ4n) is 4.93. The summed E-state index contributed by atoms with van der Waals surface area (Å²) < 4.78 is 0. The molecule has 0 radical (unpaired) electrons. The fourth-order valence-corrected chi connectivity index (χ4v) is 4.93. The molecule has 1 unspecified atom stereocenters. The van der Waals surface area contributed by atoms with Crippen LogP contribution in [0.5, 0.6) is 11.5 Å². The van der Waals surface area contributed by atoms with Crippen LogP contribution in [-0.2, 0) is 23.7 Å². The highest BCUT2D eigenvalue weighted by atomic mass is 16.3. The molecule has 1 atom stereocenters. The number of hydrogen-bond donors (Lipinski definition) is 4. The monoisotopic (exact) mass is 484 g/mol. The number of aryl methyl sites for hydroxylation is 2. The Kier molecular flexibility index (Phi) is 9.84. The molecule has 4 N–H and O–H groups in total. The van der Waals surface area contributed by atoms with Crippen LogP contribution in [0.1, 0.15) is 114 Å². The van der Waals surface area contributed by atoms with Gasteiger partial charge in [-0.1, -0.05) is 79.7 Å². The van der Waals surface area contributed by atoms with Crippen LogP contribution in [0, 0.1) is 5.92 Å². The normalized spacial score (nSPS) is 13.5. The molecule has 0 aromatic heterocycles. The second-order valence-electron chi connectivity index (χ2n) is 12.0. The van der Waals surface area contributed by atoms with Crippen molar-refractivity contribution in [2.75, 3.05) is 13.2 Å². The van der Waals surface area contributed by atoms with Crippen LogP contribution in [-0.4, -0.2) is 33.6 Å². The summed E-state index contributed by atoms with van der Waals surface area (Å²) in [5.74, 6) is 0.519. The molecular weight excluding hydrogens is 436 g/mol. The first-order valence-corrected chi connectivity index (χ1v) is 13.2. The predicted octanol–water partition coefficient (Wildman–Crippen LogP) is 6.72. The lowest BCUT2D eigenvalue weighted by Crippen LogP contribution is -2.19. The highest BCUT2D eigenvalue weighted by Crippen LogP contribution is 2.48. The lowest BCUT2D eigenvalue weighted by atomic mass is 9.73. The van der Waals surface area contributed by atoms with Gasteiger partial charge >= 0.3 is 0 Å². The van der Waals surface area contributed by atoms with Crippen molar-refractivity contribution in [1.29, 1.82) is 0 Å². The highest BCUT2D eigenvalue weighted by molar-refractivity contribution is 5.56. The van der Waals surface area contributed by atoms with Crippen molar-refractivity contribution in [3.05, 3.63) is 57.6 Å². The molecule has 0 saturated carbocycles. The summed E-state index contributed by atoms with van der Waals surface area (Å²) in [5.41, 5.74) is 5.19. The van der Waals surface area contributed by atoms with Gasteiger partial charge in [-0.15, -0.1) is 0 Å². The SMILES string of the molecule is CCC(C)(C)c1cc(CCCO)cc(C(c2cc(CCCO)cc(C(C)(C)C)c2O)C(C)C)c1O. The number of aromatic hydroxyl groups is 2. The van der Waals surface area contributed by atoms with E-state index in [2.05, 4.69) is 79.7 Å². The van der Waals surface area contributed by atoms with E-state index in [1.165, 1.54) is 0 Å². The van der Waals surface area contributed by atoms with Gasteiger partial charge in [0.2, 0.25) is 0 Å². The first-order chi connectivity index (χ1) is 16.3. The van der Waals surface area contributed by atoms with E-state index in [0.29, 0.717) is 24.3 Å². The second-order valence-corrected chi connectivity index (χ2v) is 12.0. The van der Waals surface area contributed by atoms with Crippen molar-refractivity contribution in [2.45, 2.75) is 104 Å². The molecule has 2 aromatic rings. The zero-order valence-electron chi connectivity index (χ0n) is 23.2. The van der Waals surface area contributed by atoms with E-state index >= 15 is 0 Å². The van der Waals surface area contributed by atoms with Gasteiger partial charge in [-0.3, -0.25) is 0 Å². The number of phenolic OH excluding ortho intramolecular Hbond substituents is 2. The minimum atomic E-state index is -0.254. The smallest absolute Gasteiger partial charge is 0.123 e. The van der Waals surface area contributed by atoms with Crippen molar-refractivity contribution >= 4 is 0 Å². The molecular formula is C31H48O4. The molecule has 0 bridgehead atoms. The summed E-state index contributed by atoms with van der Waals surface area (Å²) in [4.78, 5) is 0. The Morgan fingerprint density at radius 2 is 1.14 bits per heavy atom. The molecule has 4 nitrogen and oxygen atoms in total. The van der Waals surface area contributed by atoms with Crippen LogP contribution in [0.4, 0.5) is 0 Å². The van der Waals surface area contributed by atoms with E-state index in [0.717, 1.165) is 52.6 Å². The van der Waals surface area contributed by atoms with Crippen LogP contribution in [0.15, 0.2) is 24.3 Å². The van der Waals surface area contributed by atoms with Crippen molar-refractivity contribution in [1.82, 2.24) is 0 Å². The fraction of sp³-hybridized carbons (Fsp3) is 0.613. The van der Waals surface area contributed by atoms with Crippen LogP contribution in [0.25, 0.3) is 0 Å². The Morgan fingerprint density at radius 1 is 0.714 bits per heavy atom. The molecule has 0 spiro atoms. The van der Waals surface area contributed by atoms with Crippen molar-refractivity contribution in [3.8, 4) is 11.5 Å². The molecule has 0 saturated heterocycles. The lowest BCUT2D eigenvalue weighted by Gasteiger charge is -2.32. The van der Waals surface area contributed by atoms with E-state index in [4.69, 9.17) is 0 Å². The third-order valence-electron chi connectivity index (χ3n) is 7.40. The summed E-state index contributed by atoms with van der Waals surface area (Å²) in [6.07, 6.45) is 3.67. The van der Waals surface area contributed by atoms with Crippen molar-refractivity contribution in [2.24, 2.45) is 5.92 Å². The second kappa shape index (κ2) is 11.8. The molecule has 2 aromatic carbocycles. The predicted molar refractivity (Wildman–Crippen MR) is 146 cm³/mol. The zero-order valence-corrected chi connectivity index (χ0v) is 23.2. The number of aliphatic hydroxyl groups is 2. The molecule has 0 aliphatic carbocycles. The van der Waals surface area contributed by atoms with Crippen LogP contribution in [0.2, 0.25) is 0 Å². The molecule has 0 amide bonds. The molecule has 0 fully saturated rings. The molecule has 4 heteroatoms. The number of rotatable bonds is 11. The van der Waals surface area contributed by atoms with Gasteiger partial charge in [0.15, 0.2) is 0 Å². The van der Waals surface area contributed by atoms with E-state index in [1.807, 2.05) is 0 Å². The van der Waals surface area contributed by atoms with E-state index in [-0.39, 0.29) is 35.9 Å². The van der Waals surface area contributed by atoms with E-state index in [1.54, 1.807) is 0 Å². The Labute approximate surface area is 213 Å². The molecule has 35 heavy (non-hydrogen) atoms. The van der Waals surface area contributed by atoms with Gasteiger partial charge in [-0.2, -0.15) is 0 Å². The van der Waals surface area contributed by atoms with Gasteiger partial charge in [0, 0.05) is 35.8 Å². The topological polar surface area (TPSA) is 80.9 Å². The largest absolute Gasteiger partial charge is 0.507 e. The Balaban J connectivity index is 2.87. The van der Waals surface area contributed by atoms with E-state index < -0.39 is 0 Å². The summed E-state index contributed by atoms with van der Waals surface area (Å²) in [7, 11) is 0. The quantitative estimate of drug-likeness (QED) is 0.285. The maximum absolute atomic E-state index is 11.7. The zero-order chi connectivity index (χ0) is 26.6. The third-order valence-corrected chi connectivity index (χ3v) is 7.40. The number of benzene rings is 2. The molecule has 0 heterocycles. The summed E-state index contributed by atoms with van der Waals surface area (Å²) in [5, 5.41) is 42.1. The molecule has 196 valence electrons. The number of aliphatic hydroxyl groups excluding tert-OH is 2. The van der Waals surface area contributed by atoms with Crippen LogP contribution >= 0.6 is 0 Å². The van der Waals surface area contributed by atoms with Crippen LogP contribution < -0.4 is 0 Å². The van der Waals surface area contributed by atoms with Gasteiger partial charge in [0.25, 0.3) is 0 Å². The lowest BCUT2D eigenvalue weighted by molar-refractivity contribution is 0.288. The highest BCUT2D eigenvalue weighted by Gasteiger charge is 2.32. The van der Waals surface area contributed by atoms with Gasteiger partial charge in [-0.25, -0.2) is 0 Å². The Hall–Kier alpha value is -2.04. The summed E-state index contributed by atoms with van der Waals surface area (Å²) in [6.45, 7) is 17.2. The first-order valence-electron chi connectivity index (χ1n) is 13.2. The van der Waals surface area contributed by atoms with Gasteiger partial charge < -0.3 is 20.4 Å². The molecule has 0 aliphatic rings. The first kappa shape index (κ1) is 29.2. The average Bonchev–Trinajstić information content (AvgIpc) is 2.78.